The van der Waals surface area contributed by atoms with Crippen LogP contribution in [-0.4, -0.2) is 36.1 Å². The summed E-state index contributed by atoms with van der Waals surface area (Å²) in [6.45, 7) is 9.73. The Hall–Kier alpha value is -1.08. The number of ether oxygens (including phenoxy) is 1. The van der Waals surface area contributed by atoms with Crippen LogP contribution < -0.4 is 10.4 Å². The van der Waals surface area contributed by atoms with Crippen molar-refractivity contribution in [3.05, 3.63) is 40.2 Å². The largest absolute Gasteiger partial charge is 0.492 e. The van der Waals surface area contributed by atoms with Crippen LogP contribution in [0.3, 0.4) is 0 Å². The topological polar surface area (TPSA) is 42.7 Å². The van der Waals surface area contributed by atoms with Gasteiger partial charge in [-0.2, -0.15) is 0 Å². The number of aryl methyl sites for hydroxylation is 1. The number of rotatable bonds is 6. The van der Waals surface area contributed by atoms with Crippen LogP contribution in [0.15, 0.2) is 33.5 Å². The molecule has 0 bridgehead atoms. The standard InChI is InChI=1S/C16H21NO3.CH3I/c1-4-17(5-2)8-9-19-13-6-7-14-12(3)10-16(18)20-15(14)11-13;1-2/h6-7,10-11H,4-5,8-9H2,1-3H3;1H3. The lowest BCUT2D eigenvalue weighted by atomic mass is 10.1. The van der Waals surface area contributed by atoms with E-state index in [-0.39, 0.29) is 5.63 Å². The second-order valence-electron chi connectivity index (χ2n) is 4.78. The molecule has 0 atom stereocenters. The molecule has 5 heteroatoms. The minimum absolute atomic E-state index is 0.324. The van der Waals surface area contributed by atoms with Crippen molar-refractivity contribution in [3.63, 3.8) is 0 Å². The first kappa shape index (κ1) is 19.0. The Morgan fingerprint density at radius 2 is 1.86 bits per heavy atom. The molecule has 0 radical (unpaired) electrons. The third-order valence-electron chi connectivity index (χ3n) is 3.49. The van der Waals surface area contributed by atoms with Gasteiger partial charge in [0.1, 0.15) is 17.9 Å². The van der Waals surface area contributed by atoms with Gasteiger partial charge in [-0.3, -0.25) is 0 Å². The highest BCUT2D eigenvalue weighted by Crippen LogP contribution is 2.22. The zero-order valence-corrected chi connectivity index (χ0v) is 15.8. The van der Waals surface area contributed by atoms with E-state index in [4.69, 9.17) is 9.15 Å². The van der Waals surface area contributed by atoms with E-state index < -0.39 is 0 Å². The Bertz CT molecular complexity index is 635. The molecule has 1 heterocycles. The summed E-state index contributed by atoms with van der Waals surface area (Å²) in [5.74, 6) is 0.735. The van der Waals surface area contributed by atoms with Gasteiger partial charge in [-0.25, -0.2) is 4.79 Å². The average Bonchev–Trinajstić information content (AvgIpc) is 2.53. The van der Waals surface area contributed by atoms with Crippen molar-refractivity contribution < 1.29 is 9.15 Å². The molecule has 0 saturated carbocycles. The number of benzene rings is 1. The quantitative estimate of drug-likeness (QED) is 0.407. The maximum Gasteiger partial charge on any atom is 0.336 e. The first-order chi connectivity index (χ1) is 10.6. The van der Waals surface area contributed by atoms with Crippen molar-refractivity contribution in [2.75, 3.05) is 31.2 Å². The Labute approximate surface area is 145 Å². The van der Waals surface area contributed by atoms with Gasteiger partial charge in [-0.15, -0.1) is 0 Å². The van der Waals surface area contributed by atoms with Gasteiger partial charge in [0, 0.05) is 24.1 Å². The normalized spacial score (nSPS) is 10.5. The van der Waals surface area contributed by atoms with Crippen LogP contribution in [0.1, 0.15) is 19.4 Å². The first-order valence-corrected chi connectivity index (χ1v) is 9.57. The van der Waals surface area contributed by atoms with Gasteiger partial charge in [0.05, 0.1) is 0 Å². The Balaban J connectivity index is 0.00000116. The lowest BCUT2D eigenvalue weighted by molar-refractivity contribution is 0.223. The van der Waals surface area contributed by atoms with Gasteiger partial charge < -0.3 is 14.1 Å². The monoisotopic (exact) mass is 417 g/mol. The molecule has 0 amide bonds. The fourth-order valence-corrected chi connectivity index (χ4v) is 2.23. The fraction of sp³-hybridized carbons (Fsp3) is 0.471. The number of fused-ring (bicyclic) bond motifs is 1. The molecule has 0 aliphatic carbocycles. The van der Waals surface area contributed by atoms with E-state index in [0.29, 0.717) is 12.2 Å². The highest BCUT2D eigenvalue weighted by molar-refractivity contribution is 14.1. The van der Waals surface area contributed by atoms with Crippen molar-refractivity contribution in [2.45, 2.75) is 20.8 Å². The molecule has 2 rings (SSSR count). The van der Waals surface area contributed by atoms with Crippen LogP contribution in [0.2, 0.25) is 0 Å². The molecular formula is C17H24INO3. The summed E-state index contributed by atoms with van der Waals surface area (Å²) in [6, 6.07) is 7.13. The van der Waals surface area contributed by atoms with Gasteiger partial charge in [-0.1, -0.05) is 36.4 Å². The molecule has 0 spiro atoms. The molecule has 4 nitrogen and oxygen atoms in total. The molecule has 0 aliphatic rings. The third-order valence-corrected chi connectivity index (χ3v) is 3.49. The van der Waals surface area contributed by atoms with Crippen molar-refractivity contribution in [1.82, 2.24) is 4.90 Å². The smallest absolute Gasteiger partial charge is 0.336 e. The SMILES string of the molecule is CCN(CC)CCOc1ccc2c(C)cc(=O)oc2c1.CI. The second-order valence-corrected chi connectivity index (χ2v) is 4.78. The Morgan fingerprint density at radius 1 is 1.18 bits per heavy atom. The highest BCUT2D eigenvalue weighted by atomic mass is 127. The summed E-state index contributed by atoms with van der Waals surface area (Å²) in [7, 11) is 0. The fourth-order valence-electron chi connectivity index (χ4n) is 2.23. The van der Waals surface area contributed by atoms with Crippen LogP contribution in [0.5, 0.6) is 5.75 Å². The van der Waals surface area contributed by atoms with Crippen LogP contribution in [0.4, 0.5) is 0 Å². The molecule has 122 valence electrons. The number of likely N-dealkylation sites (N-methyl/N-ethyl adjacent to an activating group) is 1. The van der Waals surface area contributed by atoms with Crippen LogP contribution in [-0.2, 0) is 0 Å². The molecule has 1 aromatic carbocycles. The zero-order chi connectivity index (χ0) is 16.5. The maximum absolute atomic E-state index is 11.4. The molecule has 22 heavy (non-hydrogen) atoms. The maximum atomic E-state index is 11.4. The minimum atomic E-state index is -0.324. The van der Waals surface area contributed by atoms with Gasteiger partial charge in [0.2, 0.25) is 0 Å². The lowest BCUT2D eigenvalue weighted by Crippen LogP contribution is -2.27. The molecule has 1 aromatic heterocycles. The molecule has 0 saturated heterocycles. The summed E-state index contributed by atoms with van der Waals surface area (Å²) in [6.07, 6.45) is 0. The summed E-state index contributed by atoms with van der Waals surface area (Å²) in [5.41, 5.74) is 1.18. The minimum Gasteiger partial charge on any atom is -0.492 e. The van der Waals surface area contributed by atoms with E-state index in [1.807, 2.05) is 24.0 Å². The number of hydrogen-bond donors (Lipinski definition) is 0. The van der Waals surface area contributed by atoms with Gasteiger partial charge in [0.15, 0.2) is 0 Å². The van der Waals surface area contributed by atoms with Gasteiger partial charge in [-0.05, 0) is 42.6 Å². The summed E-state index contributed by atoms with van der Waals surface area (Å²) in [5, 5.41) is 0.945. The predicted molar refractivity (Wildman–Crippen MR) is 100 cm³/mol. The molecule has 0 fully saturated rings. The molecule has 0 aliphatic heterocycles. The molecule has 2 aromatic rings. The van der Waals surface area contributed by atoms with E-state index in [1.54, 1.807) is 6.07 Å². The Kier molecular flexibility index (Phi) is 8.48. The number of alkyl halides is 1. The van der Waals surface area contributed by atoms with Gasteiger partial charge >= 0.3 is 5.63 Å². The second kappa shape index (κ2) is 9.84. The summed E-state index contributed by atoms with van der Waals surface area (Å²) in [4.78, 5) is 15.6. The lowest BCUT2D eigenvalue weighted by Gasteiger charge is -2.18. The van der Waals surface area contributed by atoms with Crippen molar-refractivity contribution in [3.8, 4) is 5.75 Å². The third kappa shape index (κ3) is 5.28. The molecular weight excluding hydrogens is 393 g/mol. The van der Waals surface area contributed by atoms with E-state index in [0.717, 1.165) is 36.3 Å². The van der Waals surface area contributed by atoms with Crippen molar-refractivity contribution >= 4 is 33.6 Å². The first-order valence-electron chi connectivity index (χ1n) is 7.41. The van der Waals surface area contributed by atoms with Crippen LogP contribution in [0, 0.1) is 6.92 Å². The summed E-state index contributed by atoms with van der Waals surface area (Å²) < 4.78 is 10.9. The molecule has 0 unspecified atom stereocenters. The molecule has 0 N–H and O–H groups in total. The van der Waals surface area contributed by atoms with Crippen LogP contribution in [0.25, 0.3) is 11.0 Å². The highest BCUT2D eigenvalue weighted by Gasteiger charge is 2.05. The predicted octanol–water partition coefficient (Wildman–Crippen LogP) is 3.87. The van der Waals surface area contributed by atoms with Crippen LogP contribution >= 0.6 is 22.6 Å². The number of halogens is 1. The number of hydrogen-bond acceptors (Lipinski definition) is 4. The van der Waals surface area contributed by atoms with E-state index in [9.17, 15) is 4.79 Å². The Morgan fingerprint density at radius 3 is 2.50 bits per heavy atom. The average molecular weight is 417 g/mol. The van der Waals surface area contributed by atoms with E-state index in [1.165, 1.54) is 6.07 Å². The zero-order valence-electron chi connectivity index (χ0n) is 13.7. The van der Waals surface area contributed by atoms with Gasteiger partial charge in [0.25, 0.3) is 0 Å². The summed E-state index contributed by atoms with van der Waals surface area (Å²) >= 11 is 2.15. The number of nitrogens with zero attached hydrogens (tertiary/aromatic N) is 1. The van der Waals surface area contributed by atoms with E-state index >= 15 is 0 Å². The van der Waals surface area contributed by atoms with Crippen molar-refractivity contribution in [1.29, 1.82) is 0 Å². The van der Waals surface area contributed by atoms with E-state index in [2.05, 4.69) is 41.3 Å². The van der Waals surface area contributed by atoms with Crippen molar-refractivity contribution in [2.24, 2.45) is 0 Å².